The molecule has 0 radical (unpaired) electrons. The first-order valence-corrected chi connectivity index (χ1v) is 4.79. The van der Waals surface area contributed by atoms with E-state index < -0.39 is 0 Å². The van der Waals surface area contributed by atoms with Gasteiger partial charge in [0.1, 0.15) is 5.75 Å². The number of methoxy groups -OCH3 is 1. The molecule has 0 saturated carbocycles. The Morgan fingerprint density at radius 1 is 1.50 bits per heavy atom. The number of halogens is 1. The van der Waals surface area contributed by atoms with Crippen LogP contribution in [0.1, 0.15) is 5.56 Å². The van der Waals surface area contributed by atoms with Crippen LogP contribution in [-0.2, 0) is 6.42 Å². The van der Waals surface area contributed by atoms with E-state index in [0.29, 0.717) is 11.6 Å². The van der Waals surface area contributed by atoms with E-state index >= 15 is 0 Å². The molecule has 0 saturated heterocycles. The van der Waals surface area contributed by atoms with Crippen molar-refractivity contribution in [3.8, 4) is 5.75 Å². The number of ether oxygens (including phenoxy) is 1. The smallest absolute Gasteiger partial charge is 0.122 e. The normalized spacial score (nSPS) is 10.2. The Morgan fingerprint density at radius 3 is 2.93 bits per heavy atom. The predicted molar refractivity (Wildman–Crippen MR) is 56.8 cm³/mol. The minimum atomic E-state index is -0.0110. The molecule has 14 heavy (non-hydrogen) atoms. The van der Waals surface area contributed by atoms with Crippen LogP contribution in [0.4, 0.5) is 0 Å². The van der Waals surface area contributed by atoms with Crippen molar-refractivity contribution in [2.24, 2.45) is 0 Å². The van der Waals surface area contributed by atoms with Gasteiger partial charge in [-0.3, -0.25) is 5.32 Å². The van der Waals surface area contributed by atoms with Gasteiger partial charge in [0.05, 0.1) is 13.8 Å². The average Bonchev–Trinajstić information content (AvgIpc) is 2.19. The van der Waals surface area contributed by atoms with Crippen molar-refractivity contribution in [2.45, 2.75) is 6.42 Å². The van der Waals surface area contributed by atoms with Gasteiger partial charge in [0.25, 0.3) is 0 Å². The van der Waals surface area contributed by atoms with Crippen LogP contribution in [0.25, 0.3) is 0 Å². The van der Waals surface area contributed by atoms with Gasteiger partial charge in [-0.1, -0.05) is 11.6 Å². The molecular formula is C10H14ClNO2. The maximum Gasteiger partial charge on any atom is 0.122 e. The Bertz CT molecular complexity index is 291. The summed E-state index contributed by atoms with van der Waals surface area (Å²) >= 11 is 5.86. The molecule has 0 aliphatic carbocycles. The van der Waals surface area contributed by atoms with E-state index in [1.165, 1.54) is 0 Å². The van der Waals surface area contributed by atoms with Crippen LogP contribution in [0.2, 0.25) is 5.02 Å². The number of aliphatic hydroxyl groups is 1. The van der Waals surface area contributed by atoms with E-state index in [1.807, 2.05) is 12.1 Å². The van der Waals surface area contributed by atoms with Crippen molar-refractivity contribution in [3.63, 3.8) is 0 Å². The Balaban J connectivity index is 2.67. The van der Waals surface area contributed by atoms with E-state index in [1.54, 1.807) is 13.2 Å². The lowest BCUT2D eigenvalue weighted by Crippen LogP contribution is -2.18. The fourth-order valence-electron chi connectivity index (χ4n) is 1.24. The third kappa shape index (κ3) is 3.18. The molecule has 78 valence electrons. The van der Waals surface area contributed by atoms with Gasteiger partial charge >= 0.3 is 0 Å². The maximum atomic E-state index is 8.56. The summed E-state index contributed by atoms with van der Waals surface area (Å²) in [4.78, 5) is 0. The standard InChI is InChI=1S/C10H14ClNO2/c1-14-10-3-2-9(11)6-8(10)4-5-12-7-13/h2-3,6,12-13H,4-5,7H2,1H3. The highest BCUT2D eigenvalue weighted by atomic mass is 35.5. The first-order valence-electron chi connectivity index (χ1n) is 4.42. The quantitative estimate of drug-likeness (QED) is 0.577. The van der Waals surface area contributed by atoms with Gasteiger partial charge in [-0.25, -0.2) is 0 Å². The summed E-state index contributed by atoms with van der Waals surface area (Å²) < 4.78 is 5.18. The molecule has 1 aromatic rings. The summed E-state index contributed by atoms with van der Waals surface area (Å²) in [5.41, 5.74) is 1.04. The molecular weight excluding hydrogens is 202 g/mol. The molecule has 2 N–H and O–H groups in total. The number of benzene rings is 1. The van der Waals surface area contributed by atoms with Crippen molar-refractivity contribution in [1.82, 2.24) is 5.32 Å². The van der Waals surface area contributed by atoms with Crippen molar-refractivity contribution < 1.29 is 9.84 Å². The molecule has 1 rings (SSSR count). The molecule has 0 aliphatic heterocycles. The number of aliphatic hydroxyl groups excluding tert-OH is 1. The first-order chi connectivity index (χ1) is 6.77. The number of nitrogens with one attached hydrogen (secondary N) is 1. The summed E-state index contributed by atoms with van der Waals surface area (Å²) in [7, 11) is 1.63. The van der Waals surface area contributed by atoms with Gasteiger partial charge in [0, 0.05) is 11.6 Å². The molecule has 3 nitrogen and oxygen atoms in total. The Labute approximate surface area is 88.7 Å². The van der Waals surface area contributed by atoms with Crippen LogP contribution >= 0.6 is 11.6 Å². The molecule has 0 aromatic heterocycles. The van der Waals surface area contributed by atoms with Crippen molar-refractivity contribution >= 4 is 11.6 Å². The maximum absolute atomic E-state index is 8.56. The Hall–Kier alpha value is -0.770. The summed E-state index contributed by atoms with van der Waals surface area (Å²) in [5, 5.41) is 12.1. The monoisotopic (exact) mass is 215 g/mol. The first kappa shape index (κ1) is 11.3. The molecule has 0 bridgehead atoms. The predicted octanol–water partition coefficient (Wildman–Crippen LogP) is 1.43. The summed E-state index contributed by atoms with van der Waals surface area (Å²) in [6.07, 6.45) is 0.782. The van der Waals surface area contributed by atoms with Crippen LogP contribution in [0.3, 0.4) is 0 Å². The zero-order chi connectivity index (χ0) is 10.4. The van der Waals surface area contributed by atoms with Gasteiger partial charge < -0.3 is 9.84 Å². The minimum Gasteiger partial charge on any atom is -0.496 e. The summed E-state index contributed by atoms with van der Waals surface area (Å²) in [6.45, 7) is 0.691. The molecule has 1 aromatic carbocycles. The molecule has 0 spiro atoms. The van der Waals surface area contributed by atoms with E-state index in [9.17, 15) is 0 Å². The second-order valence-electron chi connectivity index (χ2n) is 2.86. The molecule has 0 fully saturated rings. The molecule has 4 heteroatoms. The highest BCUT2D eigenvalue weighted by molar-refractivity contribution is 6.30. The molecule has 0 atom stereocenters. The summed E-state index contributed by atoms with van der Waals surface area (Å²) in [6, 6.07) is 5.51. The van der Waals surface area contributed by atoms with E-state index in [4.69, 9.17) is 21.4 Å². The second kappa shape index (κ2) is 5.86. The SMILES string of the molecule is COc1ccc(Cl)cc1CCNCO. The second-order valence-corrected chi connectivity index (χ2v) is 3.30. The van der Waals surface area contributed by atoms with Crippen molar-refractivity contribution in [1.29, 1.82) is 0 Å². The fraction of sp³-hybridized carbons (Fsp3) is 0.400. The zero-order valence-corrected chi connectivity index (χ0v) is 8.84. The van der Waals surface area contributed by atoms with Crippen LogP contribution in [0.15, 0.2) is 18.2 Å². The molecule has 0 heterocycles. The third-order valence-corrected chi connectivity index (χ3v) is 2.16. The Morgan fingerprint density at radius 2 is 2.29 bits per heavy atom. The van der Waals surface area contributed by atoms with Gasteiger partial charge in [-0.05, 0) is 30.2 Å². The van der Waals surface area contributed by atoms with Gasteiger partial charge in [0.15, 0.2) is 0 Å². The Kier molecular flexibility index (Phi) is 4.73. The minimum absolute atomic E-state index is 0.0110. The molecule has 0 aliphatic rings. The van der Waals surface area contributed by atoms with Crippen LogP contribution in [0.5, 0.6) is 5.75 Å². The fourth-order valence-corrected chi connectivity index (χ4v) is 1.44. The summed E-state index contributed by atoms with van der Waals surface area (Å²) in [5.74, 6) is 0.828. The number of hydrogen-bond donors (Lipinski definition) is 2. The average molecular weight is 216 g/mol. The van der Waals surface area contributed by atoms with Crippen molar-refractivity contribution in [3.05, 3.63) is 28.8 Å². The molecule has 0 amide bonds. The highest BCUT2D eigenvalue weighted by Gasteiger charge is 2.02. The van der Waals surface area contributed by atoms with Crippen molar-refractivity contribution in [2.75, 3.05) is 20.4 Å². The largest absolute Gasteiger partial charge is 0.496 e. The van der Waals surface area contributed by atoms with Gasteiger partial charge in [0.2, 0.25) is 0 Å². The number of rotatable bonds is 5. The van der Waals surface area contributed by atoms with Crippen LogP contribution < -0.4 is 10.1 Å². The topological polar surface area (TPSA) is 41.5 Å². The lowest BCUT2D eigenvalue weighted by molar-refractivity contribution is 0.261. The van der Waals surface area contributed by atoms with E-state index in [-0.39, 0.29) is 6.73 Å². The van der Waals surface area contributed by atoms with E-state index in [2.05, 4.69) is 5.32 Å². The van der Waals surface area contributed by atoms with E-state index in [0.717, 1.165) is 17.7 Å². The highest BCUT2D eigenvalue weighted by Crippen LogP contribution is 2.22. The molecule has 0 unspecified atom stereocenters. The van der Waals surface area contributed by atoms with Crippen LogP contribution in [-0.4, -0.2) is 25.5 Å². The lowest BCUT2D eigenvalue weighted by atomic mass is 10.1. The number of hydrogen-bond acceptors (Lipinski definition) is 3. The third-order valence-electron chi connectivity index (χ3n) is 1.93. The zero-order valence-electron chi connectivity index (χ0n) is 8.09. The lowest BCUT2D eigenvalue weighted by Gasteiger charge is -2.08. The van der Waals surface area contributed by atoms with Gasteiger partial charge in [-0.15, -0.1) is 0 Å². The van der Waals surface area contributed by atoms with Gasteiger partial charge in [-0.2, -0.15) is 0 Å². The van der Waals surface area contributed by atoms with Crippen LogP contribution in [0, 0.1) is 0 Å².